The van der Waals surface area contributed by atoms with Crippen molar-refractivity contribution in [2.75, 3.05) is 5.73 Å². The molecule has 16 heavy (non-hydrogen) atoms. The van der Waals surface area contributed by atoms with Crippen molar-refractivity contribution in [2.45, 2.75) is 6.54 Å². The average Bonchev–Trinajstić information content (AvgIpc) is 2.75. The van der Waals surface area contributed by atoms with Crippen molar-refractivity contribution in [3.8, 4) is 0 Å². The standard InChI is InChI=1S/C6H5ClN6O2S/c7-3-1-12(10-6(3)13(14)15)2-4-5(8)16-11-9-4/h1H,2,8H2. The Labute approximate surface area is 97.9 Å². The summed E-state index contributed by atoms with van der Waals surface area (Å²) in [5.74, 6) is -0.386. The van der Waals surface area contributed by atoms with Crippen LogP contribution in [0.3, 0.4) is 0 Å². The van der Waals surface area contributed by atoms with E-state index in [1.807, 2.05) is 0 Å². The predicted molar refractivity (Wildman–Crippen MR) is 57.3 cm³/mol. The molecule has 2 heterocycles. The van der Waals surface area contributed by atoms with Crippen molar-refractivity contribution in [3.63, 3.8) is 0 Å². The molecule has 0 amide bonds. The molecule has 0 bridgehead atoms. The second-order valence-corrected chi connectivity index (χ2v) is 4.03. The van der Waals surface area contributed by atoms with Gasteiger partial charge in [0.1, 0.15) is 17.2 Å². The van der Waals surface area contributed by atoms with Crippen LogP contribution < -0.4 is 5.73 Å². The molecular formula is C6H5ClN6O2S. The molecule has 0 fully saturated rings. The van der Waals surface area contributed by atoms with Gasteiger partial charge >= 0.3 is 5.82 Å². The van der Waals surface area contributed by atoms with Crippen LogP contribution in [0.1, 0.15) is 5.69 Å². The smallest absolute Gasteiger partial charge is 0.388 e. The third-order valence-electron chi connectivity index (χ3n) is 1.77. The van der Waals surface area contributed by atoms with Gasteiger partial charge in [0.05, 0.1) is 11.3 Å². The molecular weight excluding hydrogens is 256 g/mol. The van der Waals surface area contributed by atoms with Gasteiger partial charge in [0.2, 0.25) is 0 Å². The Morgan fingerprint density at radius 1 is 1.69 bits per heavy atom. The summed E-state index contributed by atoms with van der Waals surface area (Å²) in [5, 5.41) is 18.4. The van der Waals surface area contributed by atoms with Crippen molar-refractivity contribution < 1.29 is 4.92 Å². The summed E-state index contributed by atoms with van der Waals surface area (Å²) in [5.41, 5.74) is 6.09. The van der Waals surface area contributed by atoms with E-state index in [1.54, 1.807) is 0 Å². The lowest BCUT2D eigenvalue weighted by molar-refractivity contribution is -0.389. The highest BCUT2D eigenvalue weighted by Crippen LogP contribution is 2.22. The Morgan fingerprint density at radius 3 is 2.94 bits per heavy atom. The summed E-state index contributed by atoms with van der Waals surface area (Å²) < 4.78 is 4.94. The van der Waals surface area contributed by atoms with E-state index < -0.39 is 4.92 Å². The quantitative estimate of drug-likeness (QED) is 0.649. The Bertz CT molecular complexity index is 537. The van der Waals surface area contributed by atoms with Gasteiger partial charge in [0.15, 0.2) is 5.02 Å². The van der Waals surface area contributed by atoms with Gasteiger partial charge in [0, 0.05) is 11.5 Å². The van der Waals surface area contributed by atoms with E-state index in [-0.39, 0.29) is 17.4 Å². The maximum Gasteiger partial charge on any atom is 0.408 e. The second-order valence-electron chi connectivity index (χ2n) is 2.84. The van der Waals surface area contributed by atoms with Crippen LogP contribution in [0.25, 0.3) is 0 Å². The number of hydrogen-bond acceptors (Lipinski definition) is 7. The molecule has 2 N–H and O–H groups in total. The summed E-state index contributed by atoms with van der Waals surface area (Å²) in [4.78, 5) is 9.85. The van der Waals surface area contributed by atoms with Crippen LogP contribution in [0.15, 0.2) is 6.20 Å². The van der Waals surface area contributed by atoms with E-state index in [0.29, 0.717) is 10.7 Å². The first-order valence-electron chi connectivity index (χ1n) is 4.02. The van der Waals surface area contributed by atoms with E-state index in [0.717, 1.165) is 11.5 Å². The predicted octanol–water partition coefficient (Wildman–Crippen LogP) is 0.927. The van der Waals surface area contributed by atoms with Crippen LogP contribution in [0, 0.1) is 10.1 Å². The van der Waals surface area contributed by atoms with Crippen LogP contribution >= 0.6 is 23.1 Å². The van der Waals surface area contributed by atoms with Crippen molar-refractivity contribution in [2.24, 2.45) is 0 Å². The Morgan fingerprint density at radius 2 is 2.44 bits per heavy atom. The number of aromatic nitrogens is 4. The zero-order chi connectivity index (χ0) is 11.7. The molecule has 0 aliphatic heterocycles. The fourth-order valence-corrected chi connectivity index (χ4v) is 1.73. The molecule has 2 aromatic heterocycles. The van der Waals surface area contributed by atoms with Crippen molar-refractivity contribution in [3.05, 3.63) is 27.0 Å². The van der Waals surface area contributed by atoms with Gasteiger partial charge in [-0.2, -0.15) is 4.68 Å². The van der Waals surface area contributed by atoms with Crippen molar-refractivity contribution in [1.29, 1.82) is 0 Å². The number of rotatable bonds is 3. The molecule has 0 aliphatic rings. The summed E-state index contributed by atoms with van der Waals surface area (Å²) in [6.07, 6.45) is 1.35. The molecule has 0 aromatic carbocycles. The van der Waals surface area contributed by atoms with Crippen LogP contribution in [0.4, 0.5) is 10.8 Å². The van der Waals surface area contributed by atoms with E-state index in [2.05, 4.69) is 14.7 Å². The van der Waals surface area contributed by atoms with Gasteiger partial charge in [-0.05, 0) is 4.92 Å². The number of hydrogen-bond donors (Lipinski definition) is 1. The minimum atomic E-state index is -0.651. The van der Waals surface area contributed by atoms with Gasteiger partial charge in [-0.3, -0.25) is 0 Å². The molecule has 0 atom stereocenters. The molecule has 84 valence electrons. The lowest BCUT2D eigenvalue weighted by atomic mass is 10.4. The average molecular weight is 261 g/mol. The van der Waals surface area contributed by atoms with Crippen LogP contribution in [0.2, 0.25) is 5.02 Å². The van der Waals surface area contributed by atoms with Gasteiger partial charge < -0.3 is 15.8 Å². The zero-order valence-electron chi connectivity index (χ0n) is 7.70. The van der Waals surface area contributed by atoms with E-state index in [9.17, 15) is 10.1 Å². The largest absolute Gasteiger partial charge is 0.408 e. The molecule has 8 nitrogen and oxygen atoms in total. The van der Waals surface area contributed by atoms with Crippen molar-refractivity contribution >= 4 is 34.0 Å². The Kier molecular flexibility index (Phi) is 2.71. The maximum absolute atomic E-state index is 10.5. The normalized spacial score (nSPS) is 10.6. The molecule has 0 radical (unpaired) electrons. The number of halogens is 1. The number of nitrogens with zero attached hydrogens (tertiary/aromatic N) is 5. The van der Waals surface area contributed by atoms with Gasteiger partial charge in [-0.15, -0.1) is 5.10 Å². The fraction of sp³-hybridized carbons (Fsp3) is 0.167. The van der Waals surface area contributed by atoms with E-state index in [4.69, 9.17) is 17.3 Å². The van der Waals surface area contributed by atoms with Crippen LogP contribution in [0.5, 0.6) is 0 Å². The Hall–Kier alpha value is -1.74. The first-order chi connectivity index (χ1) is 7.58. The highest BCUT2D eigenvalue weighted by molar-refractivity contribution is 7.09. The molecule has 10 heteroatoms. The number of nitrogens with two attached hydrogens (primary N) is 1. The first-order valence-corrected chi connectivity index (χ1v) is 5.17. The van der Waals surface area contributed by atoms with E-state index in [1.165, 1.54) is 10.9 Å². The first kappa shape index (κ1) is 10.8. The third-order valence-corrected chi connectivity index (χ3v) is 2.63. The lowest BCUT2D eigenvalue weighted by Gasteiger charge is -1.92. The third kappa shape index (κ3) is 1.95. The van der Waals surface area contributed by atoms with E-state index >= 15 is 0 Å². The van der Waals surface area contributed by atoms with Crippen LogP contribution in [-0.4, -0.2) is 24.3 Å². The summed E-state index contributed by atoms with van der Waals surface area (Å²) in [7, 11) is 0. The molecule has 0 aliphatic carbocycles. The van der Waals surface area contributed by atoms with Gasteiger partial charge in [-0.1, -0.05) is 16.1 Å². The minimum Gasteiger partial charge on any atom is -0.388 e. The minimum absolute atomic E-state index is 0.0215. The van der Waals surface area contributed by atoms with Gasteiger partial charge in [0.25, 0.3) is 0 Å². The highest BCUT2D eigenvalue weighted by atomic mass is 35.5. The SMILES string of the molecule is Nc1snnc1Cn1cc(Cl)c([N+](=O)[O-])n1. The fourth-order valence-electron chi connectivity index (χ4n) is 1.07. The number of anilines is 1. The molecule has 2 aromatic rings. The summed E-state index contributed by atoms with van der Waals surface area (Å²) in [6, 6.07) is 0. The van der Waals surface area contributed by atoms with Crippen LogP contribution in [-0.2, 0) is 6.54 Å². The molecule has 0 spiro atoms. The zero-order valence-corrected chi connectivity index (χ0v) is 9.27. The summed E-state index contributed by atoms with van der Waals surface area (Å²) in [6.45, 7) is 0.204. The van der Waals surface area contributed by atoms with Crippen molar-refractivity contribution in [1.82, 2.24) is 19.4 Å². The number of nitro groups is 1. The topological polar surface area (TPSA) is 113 Å². The monoisotopic (exact) mass is 260 g/mol. The van der Waals surface area contributed by atoms with Gasteiger partial charge in [-0.25, -0.2) is 0 Å². The maximum atomic E-state index is 10.5. The molecule has 0 unspecified atom stereocenters. The molecule has 0 saturated heterocycles. The highest BCUT2D eigenvalue weighted by Gasteiger charge is 2.20. The molecule has 0 saturated carbocycles. The lowest BCUT2D eigenvalue weighted by Crippen LogP contribution is -2.03. The Balaban J connectivity index is 2.26. The summed E-state index contributed by atoms with van der Waals surface area (Å²) >= 11 is 6.68. The molecule has 2 rings (SSSR count). The second kappa shape index (κ2) is 4.02. The number of nitrogen functional groups attached to an aromatic ring is 1.